The summed E-state index contributed by atoms with van der Waals surface area (Å²) in [7, 11) is -0.267. The Bertz CT molecular complexity index is 246. The van der Waals surface area contributed by atoms with Crippen LogP contribution in [0.2, 0.25) is 0 Å². The molecule has 0 aliphatic rings. The average Bonchev–Trinajstić information content (AvgIpc) is 2.23. The Kier molecular flexibility index (Phi) is 9.78. The summed E-state index contributed by atoms with van der Waals surface area (Å²) in [5.74, 6) is 0. The summed E-state index contributed by atoms with van der Waals surface area (Å²) in [5, 5.41) is 3.02. The van der Waals surface area contributed by atoms with E-state index in [1.165, 1.54) is 7.11 Å². The normalized spacial score (nSPS) is 11.9. The van der Waals surface area contributed by atoms with Crippen LogP contribution in [0.25, 0.3) is 0 Å². The van der Waals surface area contributed by atoms with Crippen LogP contribution in [0.1, 0.15) is 0 Å². The molecular weight excluding hydrogens is 234 g/mol. The summed E-state index contributed by atoms with van der Waals surface area (Å²) in [4.78, 5) is 0. The van der Waals surface area contributed by atoms with Gasteiger partial charge in [0.05, 0.1) is 13.2 Å². The third-order valence-corrected chi connectivity index (χ3v) is 2.84. The maximum absolute atomic E-state index is 11.3. The highest BCUT2D eigenvalue weighted by Crippen LogP contribution is 1.75. The number of methoxy groups -OCH3 is 2. The van der Waals surface area contributed by atoms with Crippen molar-refractivity contribution in [2.75, 3.05) is 53.6 Å². The van der Waals surface area contributed by atoms with E-state index in [2.05, 4.69) is 14.8 Å². The fourth-order valence-corrected chi connectivity index (χ4v) is 1.73. The van der Waals surface area contributed by atoms with Crippen LogP contribution < -0.4 is 14.8 Å². The molecule has 0 aliphatic carbocycles. The van der Waals surface area contributed by atoms with Gasteiger partial charge in [0.25, 0.3) is 10.2 Å². The number of rotatable bonds is 11. The van der Waals surface area contributed by atoms with Gasteiger partial charge in [0.2, 0.25) is 0 Å². The Labute approximate surface area is 97.1 Å². The predicted octanol–water partition coefficient (Wildman–Crippen LogP) is -1.71. The van der Waals surface area contributed by atoms with Gasteiger partial charge in [-0.2, -0.15) is 13.1 Å². The van der Waals surface area contributed by atoms with Crippen molar-refractivity contribution in [3.05, 3.63) is 0 Å². The van der Waals surface area contributed by atoms with Crippen LogP contribution in [0.4, 0.5) is 0 Å². The van der Waals surface area contributed by atoms with E-state index >= 15 is 0 Å². The molecule has 0 radical (unpaired) electrons. The molecule has 0 saturated carbocycles. The topological polar surface area (TPSA) is 88.7 Å². The van der Waals surface area contributed by atoms with Gasteiger partial charge in [-0.1, -0.05) is 0 Å². The van der Waals surface area contributed by atoms with E-state index in [-0.39, 0.29) is 6.54 Å². The lowest BCUT2D eigenvalue weighted by molar-refractivity contribution is 0.199. The van der Waals surface area contributed by atoms with Crippen LogP contribution in [0.5, 0.6) is 0 Å². The molecule has 0 aromatic heterocycles. The zero-order valence-corrected chi connectivity index (χ0v) is 10.6. The molecule has 0 bridgehead atoms. The smallest absolute Gasteiger partial charge is 0.277 e. The van der Waals surface area contributed by atoms with Gasteiger partial charge in [-0.15, -0.1) is 0 Å². The van der Waals surface area contributed by atoms with Crippen molar-refractivity contribution >= 4 is 10.2 Å². The maximum Gasteiger partial charge on any atom is 0.277 e. The Morgan fingerprint density at radius 1 is 0.875 bits per heavy atom. The molecule has 8 heteroatoms. The molecule has 16 heavy (non-hydrogen) atoms. The van der Waals surface area contributed by atoms with Gasteiger partial charge in [-0.05, 0) is 0 Å². The number of hydrogen-bond donors (Lipinski definition) is 3. The summed E-state index contributed by atoms with van der Waals surface area (Å²) in [6.45, 7) is 2.84. The van der Waals surface area contributed by atoms with Gasteiger partial charge in [0.15, 0.2) is 0 Å². The van der Waals surface area contributed by atoms with Crippen LogP contribution in [0, 0.1) is 0 Å². The zero-order chi connectivity index (χ0) is 12.3. The highest BCUT2D eigenvalue weighted by molar-refractivity contribution is 7.87. The second-order valence-corrected chi connectivity index (χ2v) is 4.61. The van der Waals surface area contributed by atoms with Crippen LogP contribution in [0.3, 0.4) is 0 Å². The molecule has 3 N–H and O–H groups in total. The molecule has 0 aromatic rings. The molecule has 0 fully saturated rings. The summed E-state index contributed by atoms with van der Waals surface area (Å²) in [6.07, 6.45) is 0. The van der Waals surface area contributed by atoms with E-state index < -0.39 is 10.2 Å². The lowest BCUT2D eigenvalue weighted by Gasteiger charge is -2.08. The molecule has 7 nitrogen and oxygen atoms in total. The first-order chi connectivity index (χ1) is 7.62. The molecule has 0 rings (SSSR count). The minimum atomic E-state index is -3.40. The molecule has 98 valence electrons. The van der Waals surface area contributed by atoms with E-state index in [0.717, 1.165) is 0 Å². The Morgan fingerprint density at radius 3 is 2.06 bits per heavy atom. The molecule has 0 aromatic carbocycles. The van der Waals surface area contributed by atoms with Gasteiger partial charge in [-0.3, -0.25) is 0 Å². The van der Waals surface area contributed by atoms with Crippen molar-refractivity contribution < 1.29 is 17.9 Å². The molecular formula is C8H21N3O4S. The number of ether oxygens (including phenoxy) is 2. The Balaban J connectivity index is 3.43. The lowest BCUT2D eigenvalue weighted by Crippen LogP contribution is -2.41. The fourth-order valence-electron chi connectivity index (χ4n) is 0.902. The summed E-state index contributed by atoms with van der Waals surface area (Å²) in [5.41, 5.74) is 0. The highest BCUT2D eigenvalue weighted by atomic mass is 32.2. The van der Waals surface area contributed by atoms with Gasteiger partial charge >= 0.3 is 0 Å². The molecule has 0 spiro atoms. The quantitative estimate of drug-likeness (QED) is 0.383. The SMILES string of the molecule is COCCNCCNS(=O)(=O)NCCOC. The monoisotopic (exact) mass is 255 g/mol. The van der Waals surface area contributed by atoms with Gasteiger partial charge in [0.1, 0.15) is 0 Å². The zero-order valence-electron chi connectivity index (χ0n) is 9.78. The Hall–Kier alpha value is -0.250. The van der Waals surface area contributed by atoms with Crippen molar-refractivity contribution in [1.29, 1.82) is 0 Å². The minimum Gasteiger partial charge on any atom is -0.383 e. The minimum absolute atomic E-state index is 0.267. The summed E-state index contributed by atoms with van der Waals surface area (Å²) in [6, 6.07) is 0. The van der Waals surface area contributed by atoms with E-state index in [4.69, 9.17) is 9.47 Å². The first kappa shape index (κ1) is 15.8. The van der Waals surface area contributed by atoms with E-state index in [0.29, 0.717) is 32.8 Å². The van der Waals surface area contributed by atoms with E-state index in [1.807, 2.05) is 0 Å². The van der Waals surface area contributed by atoms with Crippen molar-refractivity contribution in [3.63, 3.8) is 0 Å². The van der Waals surface area contributed by atoms with Crippen LogP contribution in [-0.2, 0) is 19.7 Å². The van der Waals surface area contributed by atoms with Crippen LogP contribution in [-0.4, -0.2) is 62.0 Å². The van der Waals surface area contributed by atoms with Crippen molar-refractivity contribution in [2.45, 2.75) is 0 Å². The second-order valence-electron chi connectivity index (χ2n) is 3.03. The molecule has 0 heterocycles. The van der Waals surface area contributed by atoms with E-state index in [1.54, 1.807) is 7.11 Å². The maximum atomic E-state index is 11.3. The largest absolute Gasteiger partial charge is 0.383 e. The molecule has 0 aliphatic heterocycles. The standard InChI is InChI=1S/C8H21N3O4S/c1-14-7-5-9-3-4-10-16(12,13)11-6-8-15-2/h9-11H,3-8H2,1-2H3. The van der Waals surface area contributed by atoms with Gasteiger partial charge < -0.3 is 14.8 Å². The second kappa shape index (κ2) is 9.94. The van der Waals surface area contributed by atoms with Crippen molar-refractivity contribution in [3.8, 4) is 0 Å². The summed E-state index contributed by atoms with van der Waals surface area (Å²) < 4.78 is 36.8. The number of nitrogens with one attached hydrogen (secondary N) is 3. The highest BCUT2D eigenvalue weighted by Gasteiger charge is 2.06. The number of hydrogen-bond acceptors (Lipinski definition) is 5. The van der Waals surface area contributed by atoms with Crippen molar-refractivity contribution in [2.24, 2.45) is 0 Å². The first-order valence-electron chi connectivity index (χ1n) is 5.05. The third-order valence-electron chi connectivity index (χ3n) is 1.68. The predicted molar refractivity (Wildman–Crippen MR) is 61.5 cm³/mol. The van der Waals surface area contributed by atoms with Crippen molar-refractivity contribution in [1.82, 2.24) is 14.8 Å². The lowest BCUT2D eigenvalue weighted by atomic mass is 10.6. The average molecular weight is 255 g/mol. The van der Waals surface area contributed by atoms with Gasteiger partial charge in [0, 0.05) is 40.4 Å². The summed E-state index contributed by atoms with van der Waals surface area (Å²) >= 11 is 0. The van der Waals surface area contributed by atoms with E-state index in [9.17, 15) is 8.42 Å². The molecule has 0 atom stereocenters. The third kappa shape index (κ3) is 10.3. The van der Waals surface area contributed by atoms with Crippen LogP contribution in [0.15, 0.2) is 0 Å². The first-order valence-corrected chi connectivity index (χ1v) is 6.53. The molecule has 0 saturated heterocycles. The van der Waals surface area contributed by atoms with Gasteiger partial charge in [-0.25, -0.2) is 4.72 Å². The molecule has 0 unspecified atom stereocenters. The molecule has 0 amide bonds. The Morgan fingerprint density at radius 2 is 1.44 bits per heavy atom. The fraction of sp³-hybridized carbons (Fsp3) is 1.00. The van der Waals surface area contributed by atoms with Crippen LogP contribution >= 0.6 is 0 Å².